The zero-order valence-electron chi connectivity index (χ0n) is 14.6. The summed E-state index contributed by atoms with van der Waals surface area (Å²) in [6, 6.07) is 14.1. The zero-order valence-corrected chi connectivity index (χ0v) is 14.6. The van der Waals surface area contributed by atoms with Crippen LogP contribution >= 0.6 is 0 Å². The first-order valence-corrected chi connectivity index (χ1v) is 8.87. The average Bonchev–Trinajstić information content (AvgIpc) is 3.26. The molecule has 1 saturated carbocycles. The summed E-state index contributed by atoms with van der Waals surface area (Å²) in [5, 5.41) is 0. The van der Waals surface area contributed by atoms with Crippen LogP contribution in [-0.4, -0.2) is 11.9 Å². The van der Waals surface area contributed by atoms with Crippen LogP contribution in [0, 0.1) is 11.8 Å². The molecule has 0 heterocycles. The number of esters is 2. The van der Waals surface area contributed by atoms with Gasteiger partial charge in [0.25, 0.3) is 0 Å². The van der Waals surface area contributed by atoms with Gasteiger partial charge in [-0.3, -0.25) is 4.79 Å². The largest absolute Gasteiger partial charge is 0.427 e. The summed E-state index contributed by atoms with van der Waals surface area (Å²) in [6.45, 7) is 1.33. The minimum Gasteiger partial charge on any atom is -0.427 e. The second kappa shape index (κ2) is 6.79. The molecule has 2 aliphatic carbocycles. The SMILES string of the molecule is CC(=O)Oc1ccc(C(=O)Oc2ccc(C3CC4C=CC3C4)cc2)cc1. The van der Waals surface area contributed by atoms with Gasteiger partial charge in [0, 0.05) is 6.92 Å². The number of ether oxygens (including phenoxy) is 2. The van der Waals surface area contributed by atoms with E-state index in [1.54, 1.807) is 24.3 Å². The van der Waals surface area contributed by atoms with Crippen LogP contribution in [0.3, 0.4) is 0 Å². The molecule has 2 aromatic carbocycles. The highest BCUT2D eigenvalue weighted by Gasteiger charge is 2.36. The van der Waals surface area contributed by atoms with Crippen LogP contribution in [0.4, 0.5) is 0 Å². The fraction of sp³-hybridized carbons (Fsp3) is 0.273. The Labute approximate surface area is 152 Å². The molecule has 0 N–H and O–H groups in total. The Balaban J connectivity index is 1.40. The minimum absolute atomic E-state index is 0.397. The lowest BCUT2D eigenvalue weighted by molar-refractivity contribution is -0.131. The van der Waals surface area contributed by atoms with Crippen molar-refractivity contribution in [1.29, 1.82) is 0 Å². The predicted octanol–water partition coefficient (Wildman–Crippen LogP) is 4.51. The molecule has 0 radical (unpaired) electrons. The van der Waals surface area contributed by atoms with Crippen molar-refractivity contribution in [3.63, 3.8) is 0 Å². The lowest BCUT2D eigenvalue weighted by Gasteiger charge is -2.18. The number of allylic oxidation sites excluding steroid dienone is 2. The first kappa shape index (κ1) is 16.6. The molecular weight excluding hydrogens is 328 g/mol. The molecule has 3 atom stereocenters. The molecule has 2 bridgehead atoms. The third kappa shape index (κ3) is 3.40. The lowest BCUT2D eigenvalue weighted by atomic mass is 9.87. The van der Waals surface area contributed by atoms with Crippen LogP contribution in [-0.2, 0) is 4.79 Å². The van der Waals surface area contributed by atoms with E-state index in [1.165, 1.54) is 25.3 Å². The van der Waals surface area contributed by atoms with Crippen molar-refractivity contribution in [2.75, 3.05) is 0 Å². The minimum atomic E-state index is -0.435. The van der Waals surface area contributed by atoms with Crippen molar-refractivity contribution in [2.45, 2.75) is 25.7 Å². The number of carbonyl (C=O) groups excluding carboxylic acids is 2. The van der Waals surface area contributed by atoms with Crippen LogP contribution < -0.4 is 9.47 Å². The smallest absolute Gasteiger partial charge is 0.343 e. The number of hydrogen-bond acceptors (Lipinski definition) is 4. The molecule has 2 aromatic rings. The van der Waals surface area contributed by atoms with Crippen molar-refractivity contribution in [3.05, 3.63) is 71.8 Å². The van der Waals surface area contributed by atoms with Gasteiger partial charge in [-0.25, -0.2) is 4.79 Å². The van der Waals surface area contributed by atoms with Gasteiger partial charge < -0.3 is 9.47 Å². The van der Waals surface area contributed by atoms with Crippen molar-refractivity contribution in [2.24, 2.45) is 11.8 Å². The van der Waals surface area contributed by atoms with Crippen LogP contribution in [0.25, 0.3) is 0 Å². The molecule has 4 nitrogen and oxygen atoms in total. The van der Waals surface area contributed by atoms with Crippen molar-refractivity contribution in [1.82, 2.24) is 0 Å². The summed E-state index contributed by atoms with van der Waals surface area (Å²) in [7, 11) is 0. The van der Waals surface area contributed by atoms with E-state index in [0.29, 0.717) is 28.9 Å². The normalized spacial score (nSPS) is 23.0. The molecule has 0 aliphatic heterocycles. The van der Waals surface area contributed by atoms with Gasteiger partial charge in [-0.05, 0) is 72.6 Å². The average molecular weight is 348 g/mol. The molecule has 132 valence electrons. The summed E-state index contributed by atoms with van der Waals surface area (Å²) in [5.41, 5.74) is 1.72. The molecule has 0 amide bonds. The maximum absolute atomic E-state index is 12.3. The number of fused-ring (bicyclic) bond motifs is 2. The van der Waals surface area contributed by atoms with Crippen LogP contribution in [0.2, 0.25) is 0 Å². The fourth-order valence-electron chi connectivity index (χ4n) is 3.94. The molecule has 4 heteroatoms. The van der Waals surface area contributed by atoms with Crippen LogP contribution in [0.5, 0.6) is 11.5 Å². The summed E-state index contributed by atoms with van der Waals surface area (Å²) >= 11 is 0. The van der Waals surface area contributed by atoms with Gasteiger partial charge in [0.2, 0.25) is 0 Å². The van der Waals surface area contributed by atoms with Crippen molar-refractivity contribution >= 4 is 11.9 Å². The Morgan fingerprint density at radius 1 is 0.846 bits per heavy atom. The second-order valence-corrected chi connectivity index (χ2v) is 6.96. The quantitative estimate of drug-likeness (QED) is 0.463. The third-order valence-corrected chi connectivity index (χ3v) is 5.15. The van der Waals surface area contributed by atoms with E-state index in [2.05, 4.69) is 24.3 Å². The molecule has 2 aliphatic rings. The molecule has 3 unspecified atom stereocenters. The molecule has 4 rings (SSSR count). The maximum Gasteiger partial charge on any atom is 0.343 e. The van der Waals surface area contributed by atoms with Crippen molar-refractivity contribution in [3.8, 4) is 11.5 Å². The summed E-state index contributed by atoms with van der Waals surface area (Å²) in [6.07, 6.45) is 7.16. The standard InChI is InChI=1S/C22H20O4/c1-14(23)25-19-10-6-17(7-11-19)22(24)26-20-8-4-16(5-9-20)21-13-15-2-3-18(21)12-15/h2-11,15,18,21H,12-13H2,1H3. The monoisotopic (exact) mass is 348 g/mol. The Bertz CT molecular complexity index is 849. The number of benzene rings is 2. The molecule has 0 aromatic heterocycles. The first-order chi connectivity index (χ1) is 12.6. The van der Waals surface area contributed by atoms with Crippen LogP contribution in [0.15, 0.2) is 60.7 Å². The van der Waals surface area contributed by atoms with E-state index in [-0.39, 0.29) is 0 Å². The van der Waals surface area contributed by atoms with Gasteiger partial charge in [0.1, 0.15) is 11.5 Å². The Kier molecular flexibility index (Phi) is 4.33. The summed E-state index contributed by atoms with van der Waals surface area (Å²) in [4.78, 5) is 23.2. The third-order valence-electron chi connectivity index (χ3n) is 5.15. The topological polar surface area (TPSA) is 52.6 Å². The van der Waals surface area contributed by atoms with Crippen molar-refractivity contribution < 1.29 is 19.1 Å². The van der Waals surface area contributed by atoms with Gasteiger partial charge in [0.15, 0.2) is 0 Å². The van der Waals surface area contributed by atoms with Gasteiger partial charge in [-0.1, -0.05) is 24.3 Å². The van der Waals surface area contributed by atoms with Gasteiger partial charge in [-0.2, -0.15) is 0 Å². The predicted molar refractivity (Wildman–Crippen MR) is 97.2 cm³/mol. The number of rotatable bonds is 4. The Morgan fingerprint density at radius 2 is 1.50 bits per heavy atom. The van der Waals surface area contributed by atoms with Gasteiger partial charge in [0.05, 0.1) is 5.56 Å². The zero-order chi connectivity index (χ0) is 18.1. The van der Waals surface area contributed by atoms with E-state index < -0.39 is 11.9 Å². The van der Waals surface area contributed by atoms with Gasteiger partial charge in [-0.15, -0.1) is 0 Å². The lowest BCUT2D eigenvalue weighted by Crippen LogP contribution is -2.09. The Morgan fingerprint density at radius 3 is 2.08 bits per heavy atom. The number of hydrogen-bond donors (Lipinski definition) is 0. The molecule has 26 heavy (non-hydrogen) atoms. The highest BCUT2D eigenvalue weighted by atomic mass is 16.5. The van der Waals surface area contributed by atoms with Crippen LogP contribution in [0.1, 0.15) is 41.6 Å². The molecular formula is C22H20O4. The highest BCUT2D eigenvalue weighted by Crippen LogP contribution is 2.48. The fourth-order valence-corrected chi connectivity index (χ4v) is 3.94. The van der Waals surface area contributed by atoms with Gasteiger partial charge >= 0.3 is 11.9 Å². The van der Waals surface area contributed by atoms with E-state index in [1.807, 2.05) is 12.1 Å². The molecule has 1 fully saturated rings. The Hall–Kier alpha value is -2.88. The van der Waals surface area contributed by atoms with E-state index in [4.69, 9.17) is 9.47 Å². The summed E-state index contributed by atoms with van der Waals surface area (Å²) in [5.74, 6) is 2.08. The molecule has 0 spiro atoms. The molecule has 0 saturated heterocycles. The second-order valence-electron chi connectivity index (χ2n) is 6.96. The maximum atomic E-state index is 12.3. The summed E-state index contributed by atoms with van der Waals surface area (Å²) < 4.78 is 10.4. The van der Waals surface area contributed by atoms with E-state index in [0.717, 1.165) is 5.92 Å². The van der Waals surface area contributed by atoms with E-state index >= 15 is 0 Å². The first-order valence-electron chi connectivity index (χ1n) is 8.87. The number of carbonyl (C=O) groups is 2. The van der Waals surface area contributed by atoms with E-state index in [9.17, 15) is 9.59 Å². The highest BCUT2D eigenvalue weighted by molar-refractivity contribution is 5.91.